The first kappa shape index (κ1) is 12.5. The van der Waals surface area contributed by atoms with Crippen molar-refractivity contribution in [3.63, 3.8) is 0 Å². The van der Waals surface area contributed by atoms with Gasteiger partial charge in [-0.1, -0.05) is 18.2 Å². The molecule has 92 valence electrons. The number of likely N-dealkylation sites (tertiary alicyclic amines) is 1. The van der Waals surface area contributed by atoms with E-state index in [1.54, 1.807) is 0 Å². The Bertz CT molecular complexity index is 484. The third-order valence-corrected chi connectivity index (χ3v) is 3.78. The molecule has 0 bridgehead atoms. The summed E-state index contributed by atoms with van der Waals surface area (Å²) >= 11 is 0. The molecule has 1 fully saturated rings. The maximum Gasteiger partial charge on any atom is 0.0456 e. The molecule has 2 aromatic rings. The number of nitrogens with one attached hydrogen (secondary N) is 1. The third-order valence-electron chi connectivity index (χ3n) is 3.78. The molecular formula is C14H19ClN2. The summed E-state index contributed by atoms with van der Waals surface area (Å²) in [4.78, 5) is 5.81. The van der Waals surface area contributed by atoms with Crippen LogP contribution in [0.2, 0.25) is 0 Å². The predicted molar refractivity (Wildman–Crippen MR) is 75.0 cm³/mol. The highest BCUT2D eigenvalue weighted by Gasteiger charge is 2.20. The summed E-state index contributed by atoms with van der Waals surface area (Å²) in [5.41, 5.74) is 2.79. The molecule has 2 nitrogen and oxygen atoms in total. The summed E-state index contributed by atoms with van der Waals surface area (Å²) in [5.74, 6) is 0.743. The summed E-state index contributed by atoms with van der Waals surface area (Å²) < 4.78 is 0. The van der Waals surface area contributed by atoms with Crippen LogP contribution >= 0.6 is 12.4 Å². The predicted octanol–water partition coefficient (Wildman–Crippen LogP) is 3.40. The van der Waals surface area contributed by atoms with Gasteiger partial charge in [0.1, 0.15) is 0 Å². The topological polar surface area (TPSA) is 19.0 Å². The molecule has 1 aromatic carbocycles. The van der Waals surface area contributed by atoms with Crippen LogP contribution in [-0.2, 0) is 0 Å². The van der Waals surface area contributed by atoms with Crippen LogP contribution in [0.5, 0.6) is 0 Å². The molecule has 1 saturated heterocycles. The standard InChI is InChI=1S/C14H18N2.ClH/c1-16-8-6-11(7-9-16)13-10-15-14-5-3-2-4-12(13)14;/h2-5,10-11,15H,6-9H2,1H3;1H. The van der Waals surface area contributed by atoms with Crippen LogP contribution in [0.25, 0.3) is 10.9 Å². The number of halogens is 1. The Hall–Kier alpha value is -0.990. The Morgan fingerprint density at radius 2 is 1.88 bits per heavy atom. The van der Waals surface area contributed by atoms with E-state index in [4.69, 9.17) is 0 Å². The van der Waals surface area contributed by atoms with Crippen molar-refractivity contribution < 1.29 is 0 Å². The van der Waals surface area contributed by atoms with Crippen LogP contribution in [0.1, 0.15) is 24.3 Å². The van der Waals surface area contributed by atoms with Crippen LogP contribution < -0.4 is 0 Å². The SMILES string of the molecule is CN1CCC(c2c[nH]c3ccccc23)CC1.Cl. The van der Waals surface area contributed by atoms with Crippen molar-refractivity contribution in [3.8, 4) is 0 Å². The molecule has 1 aromatic heterocycles. The Morgan fingerprint density at radius 3 is 2.65 bits per heavy atom. The van der Waals surface area contributed by atoms with E-state index in [0.29, 0.717) is 0 Å². The zero-order chi connectivity index (χ0) is 11.0. The fraction of sp³-hybridized carbons (Fsp3) is 0.429. The molecule has 3 heteroatoms. The minimum atomic E-state index is 0. The van der Waals surface area contributed by atoms with Crippen molar-refractivity contribution >= 4 is 23.3 Å². The minimum absolute atomic E-state index is 0. The first-order chi connectivity index (χ1) is 7.84. The normalized spacial score (nSPS) is 18.2. The fourth-order valence-corrected chi connectivity index (χ4v) is 2.75. The van der Waals surface area contributed by atoms with E-state index in [9.17, 15) is 0 Å². The average Bonchev–Trinajstić information content (AvgIpc) is 2.74. The smallest absolute Gasteiger partial charge is 0.0456 e. The van der Waals surface area contributed by atoms with Crippen molar-refractivity contribution in [1.82, 2.24) is 9.88 Å². The highest BCUT2D eigenvalue weighted by molar-refractivity contribution is 5.85. The van der Waals surface area contributed by atoms with Crippen molar-refractivity contribution in [2.75, 3.05) is 20.1 Å². The van der Waals surface area contributed by atoms with E-state index in [2.05, 4.69) is 47.4 Å². The Balaban J connectivity index is 0.00000108. The van der Waals surface area contributed by atoms with Crippen LogP contribution in [-0.4, -0.2) is 30.0 Å². The molecule has 3 rings (SSSR count). The van der Waals surface area contributed by atoms with E-state index in [-0.39, 0.29) is 12.4 Å². The largest absolute Gasteiger partial charge is 0.361 e. The summed E-state index contributed by atoms with van der Waals surface area (Å²) in [7, 11) is 2.21. The van der Waals surface area contributed by atoms with Crippen molar-refractivity contribution in [1.29, 1.82) is 0 Å². The van der Waals surface area contributed by atoms with Crippen molar-refractivity contribution in [2.45, 2.75) is 18.8 Å². The highest BCUT2D eigenvalue weighted by atomic mass is 35.5. The lowest BCUT2D eigenvalue weighted by Crippen LogP contribution is -2.29. The van der Waals surface area contributed by atoms with Gasteiger partial charge in [-0.25, -0.2) is 0 Å². The quantitative estimate of drug-likeness (QED) is 0.822. The number of piperidine rings is 1. The molecule has 1 N–H and O–H groups in total. The maximum absolute atomic E-state index is 3.38. The third kappa shape index (κ3) is 2.33. The molecule has 0 unspecified atom stereocenters. The second-order valence-electron chi connectivity index (χ2n) is 4.87. The number of aromatic nitrogens is 1. The molecule has 0 atom stereocenters. The van der Waals surface area contributed by atoms with Gasteiger partial charge in [-0.2, -0.15) is 0 Å². The molecule has 1 aliphatic heterocycles. The number of aromatic amines is 1. The number of H-pyrrole nitrogens is 1. The maximum atomic E-state index is 3.38. The zero-order valence-corrected chi connectivity index (χ0v) is 11.0. The zero-order valence-electron chi connectivity index (χ0n) is 10.1. The van der Waals surface area contributed by atoms with Crippen molar-refractivity contribution in [2.24, 2.45) is 0 Å². The van der Waals surface area contributed by atoms with Gasteiger partial charge in [-0.05, 0) is 50.5 Å². The molecule has 0 radical (unpaired) electrons. The number of rotatable bonds is 1. The second-order valence-corrected chi connectivity index (χ2v) is 4.87. The molecule has 1 aliphatic rings. The number of hydrogen-bond donors (Lipinski definition) is 1. The van der Waals surface area contributed by atoms with Gasteiger partial charge in [-0.15, -0.1) is 12.4 Å². The van der Waals surface area contributed by atoms with Gasteiger partial charge in [0.05, 0.1) is 0 Å². The summed E-state index contributed by atoms with van der Waals surface area (Å²) in [5, 5.41) is 1.41. The fourth-order valence-electron chi connectivity index (χ4n) is 2.75. The van der Waals surface area contributed by atoms with E-state index in [0.717, 1.165) is 5.92 Å². The minimum Gasteiger partial charge on any atom is -0.361 e. The van der Waals surface area contributed by atoms with Gasteiger partial charge in [-0.3, -0.25) is 0 Å². The van der Waals surface area contributed by atoms with Gasteiger partial charge in [0.25, 0.3) is 0 Å². The number of para-hydroxylation sites is 1. The lowest BCUT2D eigenvalue weighted by molar-refractivity contribution is 0.256. The first-order valence-electron chi connectivity index (χ1n) is 6.09. The van der Waals surface area contributed by atoms with Crippen LogP contribution in [0, 0.1) is 0 Å². The lowest BCUT2D eigenvalue weighted by atomic mass is 9.89. The van der Waals surface area contributed by atoms with Crippen LogP contribution in [0.15, 0.2) is 30.5 Å². The summed E-state index contributed by atoms with van der Waals surface area (Å²) in [6.45, 7) is 2.45. The average molecular weight is 251 g/mol. The monoisotopic (exact) mass is 250 g/mol. The van der Waals surface area contributed by atoms with Gasteiger partial charge < -0.3 is 9.88 Å². The van der Waals surface area contributed by atoms with Gasteiger partial charge in [0, 0.05) is 17.1 Å². The Kier molecular flexibility index (Phi) is 3.75. The van der Waals surface area contributed by atoms with E-state index >= 15 is 0 Å². The highest BCUT2D eigenvalue weighted by Crippen LogP contribution is 2.32. The van der Waals surface area contributed by atoms with Crippen LogP contribution in [0.3, 0.4) is 0 Å². The molecule has 0 amide bonds. The van der Waals surface area contributed by atoms with Gasteiger partial charge in [0.2, 0.25) is 0 Å². The number of hydrogen-bond acceptors (Lipinski definition) is 1. The number of benzene rings is 1. The summed E-state index contributed by atoms with van der Waals surface area (Å²) in [6.07, 6.45) is 4.79. The van der Waals surface area contributed by atoms with Crippen molar-refractivity contribution in [3.05, 3.63) is 36.0 Å². The molecule has 0 spiro atoms. The Morgan fingerprint density at radius 1 is 1.18 bits per heavy atom. The number of nitrogens with zero attached hydrogens (tertiary/aromatic N) is 1. The van der Waals surface area contributed by atoms with Gasteiger partial charge in [0.15, 0.2) is 0 Å². The number of fused-ring (bicyclic) bond motifs is 1. The molecule has 17 heavy (non-hydrogen) atoms. The Labute approximate surface area is 108 Å². The van der Waals surface area contributed by atoms with E-state index in [1.807, 2.05) is 0 Å². The molecular weight excluding hydrogens is 232 g/mol. The van der Waals surface area contributed by atoms with Crippen LogP contribution in [0.4, 0.5) is 0 Å². The molecule has 2 heterocycles. The molecule has 0 aliphatic carbocycles. The van der Waals surface area contributed by atoms with Gasteiger partial charge >= 0.3 is 0 Å². The second kappa shape index (κ2) is 5.11. The first-order valence-corrected chi connectivity index (χ1v) is 6.09. The lowest BCUT2D eigenvalue weighted by Gasteiger charge is -2.28. The van der Waals surface area contributed by atoms with E-state index in [1.165, 1.54) is 42.4 Å². The molecule has 0 saturated carbocycles. The summed E-state index contributed by atoms with van der Waals surface area (Å²) in [6, 6.07) is 8.62. The van der Waals surface area contributed by atoms with E-state index < -0.39 is 0 Å².